The summed E-state index contributed by atoms with van der Waals surface area (Å²) in [7, 11) is 2.71. The van der Waals surface area contributed by atoms with Crippen molar-refractivity contribution >= 4 is 29.3 Å². The van der Waals surface area contributed by atoms with E-state index in [1.54, 1.807) is 6.07 Å². The maximum absolute atomic E-state index is 12.0. The average Bonchev–Trinajstić information content (AvgIpc) is 2.64. The molecule has 0 saturated heterocycles. The minimum absolute atomic E-state index is 0.118. The van der Waals surface area contributed by atoms with Crippen LogP contribution in [0.5, 0.6) is 5.75 Å². The number of ether oxygens (including phenoxy) is 2. The van der Waals surface area contributed by atoms with Crippen LogP contribution in [0, 0.1) is 6.92 Å². The van der Waals surface area contributed by atoms with Gasteiger partial charge in [0, 0.05) is 0 Å². The molecule has 0 saturated carbocycles. The summed E-state index contributed by atoms with van der Waals surface area (Å²) in [6, 6.07) is 13.9. The molecule has 6 heteroatoms. The van der Waals surface area contributed by atoms with E-state index in [1.807, 2.05) is 24.3 Å². The summed E-state index contributed by atoms with van der Waals surface area (Å²) < 4.78 is 12.3. The number of carbonyl (C=O) groups is 1. The molecule has 0 aliphatic carbocycles. The second-order valence-electron chi connectivity index (χ2n) is 7.29. The first-order chi connectivity index (χ1) is 12.8. The second kappa shape index (κ2) is 9.08. The van der Waals surface area contributed by atoms with Gasteiger partial charge in [-0.05, 0) is 0 Å². The standard InChI is InChI=1S/C21H27GeNO4/c1-15-13-17(22(2,3)4)11-12-19(15)27-14-16-9-7-8-10-18(16)20(23-26-6)21(24)25-5/h7-13H,14H2,1-6H3. The molecule has 0 N–H and O–H groups in total. The third-order valence-electron chi connectivity index (χ3n) is 4.26. The Kier molecular flexibility index (Phi) is 7.07. The van der Waals surface area contributed by atoms with Crippen molar-refractivity contribution in [3.63, 3.8) is 0 Å². The Morgan fingerprint density at radius 1 is 1.07 bits per heavy atom. The van der Waals surface area contributed by atoms with Crippen LogP contribution in [0.25, 0.3) is 0 Å². The molecule has 5 nitrogen and oxygen atoms in total. The maximum atomic E-state index is 12.0. The van der Waals surface area contributed by atoms with Crippen molar-refractivity contribution in [3.8, 4) is 5.75 Å². The number of carbonyl (C=O) groups excluding carboxylic acids is 1. The topological polar surface area (TPSA) is 57.1 Å². The summed E-state index contributed by atoms with van der Waals surface area (Å²) in [6.45, 7) is 2.37. The van der Waals surface area contributed by atoms with Crippen LogP contribution in [0.2, 0.25) is 17.3 Å². The van der Waals surface area contributed by atoms with Crippen molar-refractivity contribution in [2.24, 2.45) is 5.16 Å². The molecule has 0 spiro atoms. The first kappa shape index (κ1) is 21.0. The first-order valence-corrected chi connectivity index (χ1v) is 16.1. The Balaban J connectivity index is 2.27. The Morgan fingerprint density at radius 3 is 2.37 bits per heavy atom. The number of esters is 1. The van der Waals surface area contributed by atoms with E-state index in [2.05, 4.69) is 41.5 Å². The van der Waals surface area contributed by atoms with Crippen molar-refractivity contribution in [2.75, 3.05) is 14.2 Å². The number of nitrogens with zero attached hydrogens (tertiary/aromatic N) is 1. The molecule has 0 atom stereocenters. The van der Waals surface area contributed by atoms with Gasteiger partial charge in [-0.1, -0.05) is 0 Å². The fraction of sp³-hybridized carbons (Fsp3) is 0.333. The monoisotopic (exact) mass is 431 g/mol. The van der Waals surface area contributed by atoms with Gasteiger partial charge in [0.25, 0.3) is 0 Å². The summed E-state index contributed by atoms with van der Waals surface area (Å²) in [4.78, 5) is 16.9. The van der Waals surface area contributed by atoms with E-state index in [4.69, 9.17) is 14.3 Å². The summed E-state index contributed by atoms with van der Waals surface area (Å²) in [5.41, 5.74) is 2.69. The van der Waals surface area contributed by atoms with Crippen molar-refractivity contribution in [1.29, 1.82) is 0 Å². The number of oxime groups is 1. The quantitative estimate of drug-likeness (QED) is 0.292. The zero-order valence-corrected chi connectivity index (χ0v) is 18.9. The Hall–Kier alpha value is -2.28. The van der Waals surface area contributed by atoms with Crippen LogP contribution in [0.3, 0.4) is 0 Å². The van der Waals surface area contributed by atoms with E-state index < -0.39 is 19.2 Å². The second-order valence-corrected chi connectivity index (χ2v) is 17.9. The summed E-state index contributed by atoms with van der Waals surface area (Å²) in [5, 5.41) is 3.83. The molecule has 0 amide bonds. The molecule has 0 aromatic heterocycles. The van der Waals surface area contributed by atoms with Crippen LogP contribution in [0.4, 0.5) is 0 Å². The van der Waals surface area contributed by atoms with E-state index in [0.29, 0.717) is 12.2 Å². The summed E-state index contributed by atoms with van der Waals surface area (Å²) in [5.74, 6) is 7.39. The zero-order valence-electron chi connectivity index (χ0n) is 16.8. The van der Waals surface area contributed by atoms with Gasteiger partial charge in [-0.3, -0.25) is 0 Å². The normalized spacial score (nSPS) is 11.9. The van der Waals surface area contributed by atoms with Crippen molar-refractivity contribution in [2.45, 2.75) is 30.8 Å². The molecule has 2 rings (SSSR count). The predicted molar refractivity (Wildman–Crippen MR) is 110 cm³/mol. The van der Waals surface area contributed by atoms with E-state index in [-0.39, 0.29) is 5.71 Å². The molecule has 0 radical (unpaired) electrons. The molecule has 2 aromatic rings. The van der Waals surface area contributed by atoms with E-state index >= 15 is 0 Å². The molecule has 0 aliphatic heterocycles. The van der Waals surface area contributed by atoms with Gasteiger partial charge in [0.05, 0.1) is 0 Å². The molecular weight excluding hydrogens is 403 g/mol. The molecular formula is C21H27GeNO4. The number of benzene rings is 2. The Morgan fingerprint density at radius 2 is 1.78 bits per heavy atom. The number of methoxy groups -OCH3 is 1. The number of hydrogen-bond acceptors (Lipinski definition) is 5. The molecule has 144 valence electrons. The summed E-state index contributed by atoms with van der Waals surface area (Å²) >= 11 is -1.87. The van der Waals surface area contributed by atoms with Crippen LogP contribution in [0.1, 0.15) is 16.7 Å². The number of aryl methyl sites for hydroxylation is 1. The fourth-order valence-electron chi connectivity index (χ4n) is 2.69. The minimum atomic E-state index is -1.87. The Bertz CT molecular complexity index is 840. The molecule has 27 heavy (non-hydrogen) atoms. The van der Waals surface area contributed by atoms with Gasteiger partial charge in [-0.15, -0.1) is 0 Å². The van der Waals surface area contributed by atoms with Crippen molar-refractivity contribution < 1.29 is 19.1 Å². The van der Waals surface area contributed by atoms with Crippen LogP contribution in [-0.2, 0) is 21.0 Å². The van der Waals surface area contributed by atoms with Gasteiger partial charge in [-0.25, -0.2) is 0 Å². The van der Waals surface area contributed by atoms with Crippen molar-refractivity contribution in [1.82, 2.24) is 0 Å². The van der Waals surface area contributed by atoms with Gasteiger partial charge >= 0.3 is 164 Å². The van der Waals surface area contributed by atoms with Crippen LogP contribution >= 0.6 is 0 Å². The Labute approximate surface area is 163 Å². The average molecular weight is 430 g/mol. The summed E-state index contributed by atoms with van der Waals surface area (Å²) in [6.07, 6.45) is 0. The third-order valence-corrected chi connectivity index (χ3v) is 8.54. The molecule has 0 heterocycles. The molecule has 0 unspecified atom stereocenters. The zero-order chi connectivity index (χ0) is 20.0. The molecule has 0 fully saturated rings. The van der Waals surface area contributed by atoms with Crippen LogP contribution in [-0.4, -0.2) is 39.2 Å². The van der Waals surface area contributed by atoms with E-state index in [1.165, 1.54) is 18.6 Å². The number of hydrogen-bond donors (Lipinski definition) is 0. The van der Waals surface area contributed by atoms with E-state index in [0.717, 1.165) is 16.9 Å². The van der Waals surface area contributed by atoms with Gasteiger partial charge in [0.1, 0.15) is 0 Å². The fourth-order valence-corrected chi connectivity index (χ4v) is 5.28. The third kappa shape index (κ3) is 5.35. The van der Waals surface area contributed by atoms with Crippen molar-refractivity contribution in [3.05, 3.63) is 59.2 Å². The van der Waals surface area contributed by atoms with Crippen LogP contribution < -0.4 is 9.13 Å². The predicted octanol–water partition coefficient (Wildman–Crippen LogP) is 3.64. The van der Waals surface area contributed by atoms with E-state index in [9.17, 15) is 4.79 Å². The molecule has 0 bridgehead atoms. The SMILES string of the molecule is CON=C(C(=O)OC)c1ccccc1COc1cc[c]([Ge]([CH3])([CH3])[CH3])cc1C. The van der Waals surface area contributed by atoms with Crippen LogP contribution in [0.15, 0.2) is 47.6 Å². The molecule has 2 aromatic carbocycles. The number of rotatable bonds is 7. The van der Waals surface area contributed by atoms with Gasteiger partial charge in [0.15, 0.2) is 0 Å². The molecule has 0 aliphatic rings. The van der Waals surface area contributed by atoms with Gasteiger partial charge in [0.2, 0.25) is 0 Å². The first-order valence-electron chi connectivity index (χ1n) is 8.79. The van der Waals surface area contributed by atoms with Gasteiger partial charge in [-0.2, -0.15) is 0 Å². The van der Waals surface area contributed by atoms with Gasteiger partial charge < -0.3 is 0 Å².